The Labute approximate surface area is 83.9 Å². The average Bonchev–Trinajstić information content (AvgIpc) is 2.19. The molecule has 0 bridgehead atoms. The second-order valence-electron chi connectivity index (χ2n) is 3.68. The molecule has 2 atom stereocenters. The zero-order valence-corrected chi connectivity index (χ0v) is 8.43. The third-order valence-electron chi connectivity index (χ3n) is 2.45. The molecule has 1 aliphatic heterocycles. The standard InChI is InChI=1S/C10H16N2O2/c1-9(12(13)14)5-4-7-10-6-2-3-8-11-10/h2-3,8-10H,4-7H2,1H3. The molecule has 0 amide bonds. The molecule has 0 aliphatic carbocycles. The number of dihydropyridines is 1. The Bertz CT molecular complexity index is 249. The van der Waals surface area contributed by atoms with E-state index in [0.29, 0.717) is 12.5 Å². The minimum absolute atomic E-state index is 0.218. The van der Waals surface area contributed by atoms with Gasteiger partial charge in [-0.05, 0) is 25.3 Å². The molecule has 0 saturated carbocycles. The van der Waals surface area contributed by atoms with Crippen LogP contribution < -0.4 is 0 Å². The van der Waals surface area contributed by atoms with Crippen LogP contribution in [0.3, 0.4) is 0 Å². The van der Waals surface area contributed by atoms with Crippen molar-refractivity contribution in [3.8, 4) is 0 Å². The number of nitro groups is 1. The maximum absolute atomic E-state index is 10.3. The topological polar surface area (TPSA) is 55.5 Å². The predicted octanol–water partition coefficient (Wildman–Crippen LogP) is 2.22. The van der Waals surface area contributed by atoms with Gasteiger partial charge in [-0.15, -0.1) is 0 Å². The smallest absolute Gasteiger partial charge is 0.210 e. The lowest BCUT2D eigenvalue weighted by molar-refractivity contribution is -0.519. The number of aliphatic imine (C=N–C) groups is 1. The molecule has 1 rings (SSSR count). The summed E-state index contributed by atoms with van der Waals surface area (Å²) in [5, 5.41) is 10.3. The quantitative estimate of drug-likeness (QED) is 0.500. The van der Waals surface area contributed by atoms with Crippen LogP contribution in [0.15, 0.2) is 17.1 Å². The fourth-order valence-electron chi connectivity index (χ4n) is 1.48. The second kappa shape index (κ2) is 5.52. The van der Waals surface area contributed by atoms with E-state index in [1.165, 1.54) is 0 Å². The summed E-state index contributed by atoms with van der Waals surface area (Å²) >= 11 is 0. The van der Waals surface area contributed by atoms with Crippen molar-refractivity contribution in [3.05, 3.63) is 22.3 Å². The molecule has 0 fully saturated rings. The van der Waals surface area contributed by atoms with Gasteiger partial charge < -0.3 is 0 Å². The minimum Gasteiger partial charge on any atom is -0.290 e. The summed E-state index contributed by atoms with van der Waals surface area (Å²) in [4.78, 5) is 14.4. The van der Waals surface area contributed by atoms with Gasteiger partial charge in [0.15, 0.2) is 0 Å². The van der Waals surface area contributed by atoms with E-state index in [1.807, 2.05) is 12.3 Å². The van der Waals surface area contributed by atoms with E-state index in [-0.39, 0.29) is 4.92 Å². The van der Waals surface area contributed by atoms with E-state index in [0.717, 1.165) is 19.3 Å². The van der Waals surface area contributed by atoms with Crippen LogP contribution in [0.1, 0.15) is 32.6 Å². The molecule has 0 spiro atoms. The zero-order chi connectivity index (χ0) is 10.4. The highest BCUT2D eigenvalue weighted by atomic mass is 16.6. The van der Waals surface area contributed by atoms with Crippen molar-refractivity contribution in [2.24, 2.45) is 4.99 Å². The number of rotatable bonds is 5. The van der Waals surface area contributed by atoms with Crippen molar-refractivity contribution in [2.45, 2.75) is 44.7 Å². The Kier molecular flexibility index (Phi) is 4.29. The Balaban J connectivity index is 2.12. The van der Waals surface area contributed by atoms with Crippen molar-refractivity contribution in [2.75, 3.05) is 0 Å². The first-order valence-corrected chi connectivity index (χ1v) is 5.02. The predicted molar refractivity (Wildman–Crippen MR) is 56.3 cm³/mol. The first-order chi connectivity index (χ1) is 6.70. The van der Waals surface area contributed by atoms with Crippen molar-refractivity contribution in [1.29, 1.82) is 0 Å². The van der Waals surface area contributed by atoms with Crippen molar-refractivity contribution < 1.29 is 4.92 Å². The van der Waals surface area contributed by atoms with E-state index < -0.39 is 6.04 Å². The summed E-state index contributed by atoms with van der Waals surface area (Å²) in [6.07, 6.45) is 9.32. The van der Waals surface area contributed by atoms with Gasteiger partial charge in [-0.2, -0.15) is 0 Å². The van der Waals surface area contributed by atoms with Gasteiger partial charge in [0, 0.05) is 24.5 Å². The SMILES string of the molecule is CC(CCCC1CC=CC=N1)[N+](=O)[O-]. The third-order valence-corrected chi connectivity index (χ3v) is 2.45. The molecular weight excluding hydrogens is 180 g/mol. The van der Waals surface area contributed by atoms with E-state index >= 15 is 0 Å². The molecule has 78 valence electrons. The molecule has 2 unspecified atom stereocenters. The van der Waals surface area contributed by atoms with Crippen LogP contribution in [0.5, 0.6) is 0 Å². The lowest BCUT2D eigenvalue weighted by Gasteiger charge is -2.12. The fourth-order valence-corrected chi connectivity index (χ4v) is 1.48. The highest BCUT2D eigenvalue weighted by Gasteiger charge is 2.13. The lowest BCUT2D eigenvalue weighted by atomic mass is 10.0. The van der Waals surface area contributed by atoms with Crippen LogP contribution in [0.4, 0.5) is 0 Å². The molecule has 0 aromatic heterocycles. The van der Waals surface area contributed by atoms with Gasteiger partial charge in [-0.1, -0.05) is 6.08 Å². The van der Waals surface area contributed by atoms with E-state index in [2.05, 4.69) is 11.1 Å². The summed E-state index contributed by atoms with van der Waals surface area (Å²) in [5.41, 5.74) is 0. The Hall–Kier alpha value is -1.19. The summed E-state index contributed by atoms with van der Waals surface area (Å²) in [6.45, 7) is 1.66. The van der Waals surface area contributed by atoms with Gasteiger partial charge in [-0.25, -0.2) is 0 Å². The van der Waals surface area contributed by atoms with E-state index in [9.17, 15) is 10.1 Å². The van der Waals surface area contributed by atoms with Crippen LogP contribution >= 0.6 is 0 Å². The monoisotopic (exact) mass is 196 g/mol. The van der Waals surface area contributed by atoms with E-state index in [4.69, 9.17) is 0 Å². The van der Waals surface area contributed by atoms with Gasteiger partial charge in [0.1, 0.15) is 0 Å². The van der Waals surface area contributed by atoms with Crippen LogP contribution in [0.2, 0.25) is 0 Å². The summed E-state index contributed by atoms with van der Waals surface area (Å²) in [7, 11) is 0. The van der Waals surface area contributed by atoms with Gasteiger partial charge in [0.2, 0.25) is 6.04 Å². The molecule has 1 aliphatic rings. The Morgan fingerprint density at radius 3 is 3.07 bits per heavy atom. The normalized spacial score (nSPS) is 22.2. The van der Waals surface area contributed by atoms with Gasteiger partial charge in [-0.3, -0.25) is 15.1 Å². The highest BCUT2D eigenvalue weighted by molar-refractivity contribution is 5.72. The lowest BCUT2D eigenvalue weighted by Crippen LogP contribution is -2.15. The molecule has 0 aromatic carbocycles. The summed E-state index contributed by atoms with van der Waals surface area (Å²) in [6, 6.07) is -0.0722. The Morgan fingerprint density at radius 2 is 2.50 bits per heavy atom. The minimum atomic E-state index is -0.418. The third kappa shape index (κ3) is 3.68. The van der Waals surface area contributed by atoms with Crippen molar-refractivity contribution >= 4 is 6.21 Å². The largest absolute Gasteiger partial charge is 0.290 e. The maximum atomic E-state index is 10.3. The van der Waals surface area contributed by atoms with Crippen LogP contribution in [-0.2, 0) is 0 Å². The average molecular weight is 196 g/mol. The first-order valence-electron chi connectivity index (χ1n) is 5.02. The number of allylic oxidation sites excluding steroid dienone is 1. The maximum Gasteiger partial charge on any atom is 0.210 e. The molecule has 4 nitrogen and oxygen atoms in total. The summed E-state index contributed by atoms with van der Waals surface area (Å²) in [5.74, 6) is 0. The summed E-state index contributed by atoms with van der Waals surface area (Å²) < 4.78 is 0. The fraction of sp³-hybridized carbons (Fsp3) is 0.700. The number of hydrogen-bond acceptors (Lipinski definition) is 3. The van der Waals surface area contributed by atoms with Gasteiger partial charge in [0.25, 0.3) is 0 Å². The highest BCUT2D eigenvalue weighted by Crippen LogP contribution is 2.13. The zero-order valence-electron chi connectivity index (χ0n) is 8.43. The van der Waals surface area contributed by atoms with Gasteiger partial charge >= 0.3 is 0 Å². The van der Waals surface area contributed by atoms with Crippen LogP contribution in [0.25, 0.3) is 0 Å². The molecule has 14 heavy (non-hydrogen) atoms. The second-order valence-corrected chi connectivity index (χ2v) is 3.68. The molecular formula is C10H16N2O2. The molecule has 4 heteroatoms. The van der Waals surface area contributed by atoms with Crippen molar-refractivity contribution in [1.82, 2.24) is 0 Å². The molecule has 0 aromatic rings. The van der Waals surface area contributed by atoms with Crippen molar-refractivity contribution in [3.63, 3.8) is 0 Å². The van der Waals surface area contributed by atoms with E-state index in [1.54, 1.807) is 6.92 Å². The number of hydrogen-bond donors (Lipinski definition) is 0. The van der Waals surface area contributed by atoms with Crippen LogP contribution in [0, 0.1) is 10.1 Å². The Morgan fingerprint density at radius 1 is 1.71 bits per heavy atom. The number of nitrogens with zero attached hydrogens (tertiary/aromatic N) is 2. The molecule has 0 radical (unpaired) electrons. The van der Waals surface area contributed by atoms with Gasteiger partial charge in [0.05, 0.1) is 6.04 Å². The molecule has 0 N–H and O–H groups in total. The first kappa shape index (κ1) is 10.9. The molecule has 0 saturated heterocycles. The molecule has 1 heterocycles. The van der Waals surface area contributed by atoms with Crippen LogP contribution in [-0.4, -0.2) is 23.2 Å².